The van der Waals surface area contributed by atoms with E-state index in [0.717, 1.165) is 0 Å². The molecule has 33 heavy (non-hydrogen) atoms. The van der Waals surface area contributed by atoms with Gasteiger partial charge in [0.05, 0.1) is 18.2 Å². The first-order valence-electron chi connectivity index (χ1n) is 10.6. The molecule has 2 heterocycles. The van der Waals surface area contributed by atoms with Crippen LogP contribution in [0.2, 0.25) is 5.02 Å². The highest BCUT2D eigenvalue weighted by Gasteiger charge is 2.61. The second-order valence-corrected chi connectivity index (χ2v) is 8.79. The maximum Gasteiger partial charge on any atom is 0.275 e. The molecule has 2 aliphatic rings. The van der Waals surface area contributed by atoms with Gasteiger partial charge in [-0.2, -0.15) is 0 Å². The van der Waals surface area contributed by atoms with Crippen LogP contribution in [0.3, 0.4) is 0 Å². The van der Waals surface area contributed by atoms with Crippen molar-refractivity contribution in [3.05, 3.63) is 56.2 Å². The molecule has 4 rings (SSSR count). The number of aliphatic hydroxyl groups excluding tert-OH is 1. The highest BCUT2D eigenvalue weighted by molar-refractivity contribution is 6.32. The minimum absolute atomic E-state index is 0.0185. The molecule has 2 N–H and O–H groups in total. The van der Waals surface area contributed by atoms with Crippen LogP contribution >= 0.6 is 11.6 Å². The zero-order valence-corrected chi connectivity index (χ0v) is 19.0. The molecule has 8 nitrogen and oxygen atoms in total. The second-order valence-electron chi connectivity index (χ2n) is 8.41. The molecule has 2 aromatic rings. The van der Waals surface area contributed by atoms with Gasteiger partial charge in [-0.15, -0.1) is 0 Å². The number of carbonyl (C=O) groups excluding carboxylic acids is 2. The molecule has 1 spiro atoms. The van der Waals surface area contributed by atoms with Gasteiger partial charge < -0.3 is 24.4 Å². The number of aryl methyl sites for hydroxylation is 1. The van der Waals surface area contributed by atoms with Crippen LogP contribution in [0.15, 0.2) is 23.1 Å². The van der Waals surface area contributed by atoms with E-state index in [0.29, 0.717) is 13.0 Å². The highest BCUT2D eigenvalue weighted by atomic mass is 35.5. The number of nitrogens with zero attached hydrogens (tertiary/aromatic N) is 2. The third-order valence-electron chi connectivity index (χ3n) is 6.69. The summed E-state index contributed by atoms with van der Waals surface area (Å²) >= 11 is 5.92. The first-order valence-corrected chi connectivity index (χ1v) is 11.0. The lowest BCUT2D eigenvalue weighted by molar-refractivity contribution is 0.0508. The van der Waals surface area contributed by atoms with E-state index in [4.69, 9.17) is 16.3 Å². The number of aromatic hydroxyl groups is 1. The molecule has 0 saturated heterocycles. The average Bonchev–Trinajstić information content (AvgIpc) is 3.49. The zero-order valence-electron chi connectivity index (χ0n) is 18.2. The number of aliphatic hydroxyl groups is 1. The second kappa shape index (κ2) is 8.46. The Hall–Kier alpha value is -2.91. The van der Waals surface area contributed by atoms with Crippen LogP contribution in [0.4, 0.5) is 4.39 Å². The zero-order chi connectivity index (χ0) is 24.1. The van der Waals surface area contributed by atoms with Crippen molar-refractivity contribution in [2.75, 3.05) is 20.3 Å². The van der Waals surface area contributed by atoms with Crippen LogP contribution in [-0.4, -0.2) is 57.2 Å². The van der Waals surface area contributed by atoms with Crippen molar-refractivity contribution in [3.8, 4) is 11.5 Å². The molecule has 1 aromatic carbocycles. The van der Waals surface area contributed by atoms with E-state index in [1.165, 1.54) is 30.0 Å². The first kappa shape index (κ1) is 23.3. The molecule has 2 unspecified atom stereocenters. The number of carbonyl (C=O) groups is 2. The van der Waals surface area contributed by atoms with Gasteiger partial charge in [-0.1, -0.05) is 17.7 Å². The molecule has 0 radical (unpaired) electrons. The monoisotopic (exact) mass is 478 g/mol. The molecule has 2 atom stereocenters. The molecule has 176 valence electrons. The number of methoxy groups -OCH3 is 1. The van der Waals surface area contributed by atoms with Crippen LogP contribution in [-0.2, 0) is 13.0 Å². The quantitative estimate of drug-likeness (QED) is 0.591. The number of likely N-dealkylation sites (N-methyl/N-ethyl adjacent to an activating group) is 1. The molecule has 1 saturated carbocycles. The van der Waals surface area contributed by atoms with E-state index < -0.39 is 34.2 Å². The number of Topliss-reactive ketones (excluding diaryl/α,β-unsaturated/α-hetero) is 1. The van der Waals surface area contributed by atoms with Gasteiger partial charge in [-0.05, 0) is 31.4 Å². The number of halogens is 2. The fourth-order valence-electron chi connectivity index (χ4n) is 4.80. The highest BCUT2D eigenvalue weighted by Crippen LogP contribution is 2.52. The van der Waals surface area contributed by atoms with E-state index in [-0.39, 0.29) is 59.5 Å². The Morgan fingerprint density at radius 1 is 1.36 bits per heavy atom. The number of benzene rings is 1. The van der Waals surface area contributed by atoms with Gasteiger partial charge in [0, 0.05) is 38.2 Å². The van der Waals surface area contributed by atoms with Gasteiger partial charge in [0.15, 0.2) is 17.2 Å². The van der Waals surface area contributed by atoms with Crippen molar-refractivity contribution in [2.24, 2.45) is 5.92 Å². The summed E-state index contributed by atoms with van der Waals surface area (Å²) in [5.41, 5.74) is -1.79. The van der Waals surface area contributed by atoms with Gasteiger partial charge in [-0.25, -0.2) is 4.39 Å². The fraction of sp³-hybridized carbons (Fsp3) is 0.435. The van der Waals surface area contributed by atoms with E-state index in [2.05, 4.69) is 0 Å². The Balaban J connectivity index is 1.64. The number of aromatic nitrogens is 1. The van der Waals surface area contributed by atoms with Crippen molar-refractivity contribution in [1.82, 2.24) is 9.47 Å². The fourth-order valence-corrected chi connectivity index (χ4v) is 5.06. The van der Waals surface area contributed by atoms with Crippen molar-refractivity contribution in [1.29, 1.82) is 0 Å². The molecule has 1 aliphatic heterocycles. The number of hydrogen-bond acceptors (Lipinski definition) is 6. The molecule has 1 amide bonds. The Morgan fingerprint density at radius 3 is 2.70 bits per heavy atom. The predicted octanol–water partition coefficient (Wildman–Crippen LogP) is 2.40. The van der Waals surface area contributed by atoms with Crippen molar-refractivity contribution < 1.29 is 28.9 Å². The average molecular weight is 479 g/mol. The van der Waals surface area contributed by atoms with Gasteiger partial charge in [0.25, 0.3) is 5.91 Å². The molecule has 1 aromatic heterocycles. The van der Waals surface area contributed by atoms with Crippen molar-refractivity contribution >= 4 is 23.3 Å². The standard InChI is InChI=1S/C23H24ClFN2O6/c1-3-27-22(32)19-21(31)20(30)14(9-26(19)11-23(27)8-13(23)10-28)15(29)6-4-12-5-7-16(33-2)17(24)18(12)25/h5,7,9,13,28,31H,3-4,6,8,10-11H2,1-2H3. The predicted molar refractivity (Wildman–Crippen MR) is 118 cm³/mol. The lowest BCUT2D eigenvalue weighted by atomic mass is 10.00. The molecular formula is C23H24ClFN2O6. The number of ether oxygens (including phenoxy) is 1. The summed E-state index contributed by atoms with van der Waals surface area (Å²) in [6.45, 7) is 2.32. The summed E-state index contributed by atoms with van der Waals surface area (Å²) < 4.78 is 20.8. The van der Waals surface area contributed by atoms with Crippen LogP contribution in [0.25, 0.3) is 0 Å². The van der Waals surface area contributed by atoms with Crippen LogP contribution in [0.5, 0.6) is 11.5 Å². The number of rotatable bonds is 7. The third-order valence-corrected chi connectivity index (χ3v) is 7.04. The van der Waals surface area contributed by atoms with Crippen LogP contribution < -0.4 is 10.2 Å². The summed E-state index contributed by atoms with van der Waals surface area (Å²) in [5, 5.41) is 19.9. The maximum atomic E-state index is 14.5. The number of fused-ring (bicyclic) bond motifs is 1. The summed E-state index contributed by atoms with van der Waals surface area (Å²) in [5.74, 6) is -2.53. The Labute approximate surface area is 194 Å². The van der Waals surface area contributed by atoms with Gasteiger partial charge in [-0.3, -0.25) is 14.4 Å². The minimum Gasteiger partial charge on any atom is -0.503 e. The van der Waals surface area contributed by atoms with E-state index in [9.17, 15) is 29.0 Å². The van der Waals surface area contributed by atoms with Gasteiger partial charge in [0.1, 0.15) is 16.6 Å². The molecule has 1 fully saturated rings. The van der Waals surface area contributed by atoms with E-state index in [1.54, 1.807) is 11.8 Å². The van der Waals surface area contributed by atoms with E-state index >= 15 is 0 Å². The number of pyridine rings is 1. The normalized spacial score (nSPS) is 21.3. The molecular weight excluding hydrogens is 455 g/mol. The Bertz CT molecular complexity index is 1210. The number of hydrogen-bond donors (Lipinski definition) is 2. The third kappa shape index (κ3) is 3.59. The molecule has 0 bridgehead atoms. The maximum absolute atomic E-state index is 14.5. The summed E-state index contributed by atoms with van der Waals surface area (Å²) in [4.78, 5) is 40.2. The Kier molecular flexibility index (Phi) is 5.96. The minimum atomic E-state index is -0.936. The smallest absolute Gasteiger partial charge is 0.275 e. The van der Waals surface area contributed by atoms with Crippen LogP contribution in [0, 0.1) is 11.7 Å². The molecule has 10 heteroatoms. The first-order chi connectivity index (χ1) is 15.7. The lowest BCUT2D eigenvalue weighted by Crippen LogP contribution is -2.52. The lowest BCUT2D eigenvalue weighted by Gasteiger charge is -2.38. The van der Waals surface area contributed by atoms with Crippen LogP contribution in [0.1, 0.15) is 46.2 Å². The largest absolute Gasteiger partial charge is 0.503 e. The summed E-state index contributed by atoms with van der Waals surface area (Å²) in [6, 6.07) is 2.94. The SMILES string of the molecule is CCN1C(=O)c2c(O)c(=O)c(C(=O)CCc3ccc(OC)c(Cl)c3F)cn2CC12CC2CO. The topological polar surface area (TPSA) is 109 Å². The van der Waals surface area contributed by atoms with Crippen molar-refractivity contribution in [3.63, 3.8) is 0 Å². The van der Waals surface area contributed by atoms with E-state index in [1.807, 2.05) is 0 Å². The van der Waals surface area contributed by atoms with Crippen molar-refractivity contribution in [2.45, 2.75) is 38.3 Å². The summed E-state index contributed by atoms with van der Waals surface area (Å²) in [7, 11) is 1.36. The van der Waals surface area contributed by atoms with Gasteiger partial charge >= 0.3 is 0 Å². The summed E-state index contributed by atoms with van der Waals surface area (Å²) in [6.07, 6.45) is 1.66. The Morgan fingerprint density at radius 2 is 2.09 bits per heavy atom. The molecule has 1 aliphatic carbocycles. The number of amides is 1. The van der Waals surface area contributed by atoms with Gasteiger partial charge in [0.2, 0.25) is 5.43 Å². The number of ketones is 1.